The number of benzene rings is 1. The minimum absolute atomic E-state index is 0.0682. The normalized spacial score (nSPS) is 10.7. The van der Waals surface area contributed by atoms with Crippen LogP contribution in [0.5, 0.6) is 0 Å². The van der Waals surface area contributed by atoms with Gasteiger partial charge in [0.15, 0.2) is 0 Å². The maximum Gasteiger partial charge on any atom is 0.253 e. The molecule has 24 heavy (non-hydrogen) atoms. The highest BCUT2D eigenvalue weighted by molar-refractivity contribution is 5.95. The van der Waals surface area contributed by atoms with Gasteiger partial charge in [-0.05, 0) is 50.4 Å². The third-order valence-corrected chi connectivity index (χ3v) is 3.46. The van der Waals surface area contributed by atoms with Crippen LogP contribution in [0.1, 0.15) is 21.9 Å². The first-order chi connectivity index (χ1) is 11.3. The topological polar surface area (TPSA) is 65.8 Å². The van der Waals surface area contributed by atoms with E-state index in [1.165, 1.54) is 4.90 Å². The molecule has 1 heterocycles. The van der Waals surface area contributed by atoms with Gasteiger partial charge in [-0.2, -0.15) is 0 Å². The molecule has 0 unspecified atom stereocenters. The third kappa shape index (κ3) is 4.96. The lowest BCUT2D eigenvalue weighted by Crippen LogP contribution is -2.29. The molecular formula is C18H23N3O3. The Labute approximate surface area is 142 Å². The number of hydrogen-bond acceptors (Lipinski definition) is 4. The average Bonchev–Trinajstić information content (AvgIpc) is 2.91. The van der Waals surface area contributed by atoms with Crippen LogP contribution >= 0.6 is 0 Å². The Kier molecular flexibility index (Phi) is 5.76. The number of carbonyl (C=O) groups is 2. The van der Waals surface area contributed by atoms with Crippen molar-refractivity contribution < 1.29 is 14.0 Å². The molecule has 1 aromatic carbocycles. The van der Waals surface area contributed by atoms with Crippen molar-refractivity contribution >= 4 is 17.5 Å². The number of anilines is 1. The summed E-state index contributed by atoms with van der Waals surface area (Å²) in [6, 6.07) is 10.7. The molecule has 2 aromatic rings. The summed E-state index contributed by atoms with van der Waals surface area (Å²) >= 11 is 0. The molecule has 6 nitrogen and oxygen atoms in total. The van der Waals surface area contributed by atoms with Gasteiger partial charge in [-0.3, -0.25) is 14.5 Å². The van der Waals surface area contributed by atoms with Gasteiger partial charge < -0.3 is 14.6 Å². The smallest absolute Gasteiger partial charge is 0.253 e. The maximum atomic E-state index is 12.1. The molecule has 1 aromatic heterocycles. The third-order valence-electron chi connectivity index (χ3n) is 3.46. The predicted octanol–water partition coefficient (Wildman–Crippen LogP) is 2.36. The zero-order valence-electron chi connectivity index (χ0n) is 14.5. The van der Waals surface area contributed by atoms with Crippen molar-refractivity contribution in [3.8, 4) is 0 Å². The Morgan fingerprint density at radius 3 is 2.25 bits per heavy atom. The highest BCUT2D eigenvalue weighted by Crippen LogP contribution is 2.12. The highest BCUT2D eigenvalue weighted by Gasteiger charge is 2.11. The minimum Gasteiger partial charge on any atom is -0.465 e. The predicted molar refractivity (Wildman–Crippen MR) is 92.9 cm³/mol. The van der Waals surface area contributed by atoms with Gasteiger partial charge in [0.2, 0.25) is 5.91 Å². The first-order valence-corrected chi connectivity index (χ1v) is 7.70. The van der Waals surface area contributed by atoms with Crippen molar-refractivity contribution in [3.63, 3.8) is 0 Å². The summed E-state index contributed by atoms with van der Waals surface area (Å²) in [6.07, 6.45) is 0. The summed E-state index contributed by atoms with van der Waals surface area (Å²) in [5.74, 6) is 1.50. The molecule has 0 bridgehead atoms. The number of nitrogens with zero attached hydrogens (tertiary/aromatic N) is 2. The highest BCUT2D eigenvalue weighted by atomic mass is 16.3. The van der Waals surface area contributed by atoms with Gasteiger partial charge in [0.25, 0.3) is 5.91 Å². The van der Waals surface area contributed by atoms with Crippen LogP contribution in [-0.2, 0) is 11.3 Å². The summed E-state index contributed by atoms with van der Waals surface area (Å²) in [4.78, 5) is 27.3. The van der Waals surface area contributed by atoms with Crippen LogP contribution in [0.4, 0.5) is 5.69 Å². The fraction of sp³-hybridized carbons (Fsp3) is 0.333. The number of carbonyl (C=O) groups excluding carboxylic acids is 2. The molecule has 0 spiro atoms. The monoisotopic (exact) mass is 329 g/mol. The van der Waals surface area contributed by atoms with Crippen molar-refractivity contribution in [3.05, 3.63) is 53.5 Å². The molecule has 2 amide bonds. The number of aryl methyl sites for hydroxylation is 1. The molecule has 0 radical (unpaired) electrons. The van der Waals surface area contributed by atoms with Crippen LogP contribution in [0.2, 0.25) is 0 Å². The van der Waals surface area contributed by atoms with E-state index >= 15 is 0 Å². The van der Waals surface area contributed by atoms with Gasteiger partial charge in [-0.25, -0.2) is 0 Å². The maximum absolute atomic E-state index is 12.1. The Balaban J connectivity index is 1.86. The van der Waals surface area contributed by atoms with E-state index in [2.05, 4.69) is 5.32 Å². The van der Waals surface area contributed by atoms with Crippen molar-refractivity contribution in [1.29, 1.82) is 0 Å². The number of hydrogen-bond donors (Lipinski definition) is 1. The summed E-state index contributed by atoms with van der Waals surface area (Å²) in [7, 11) is 5.26. The van der Waals surface area contributed by atoms with E-state index < -0.39 is 0 Å². The molecule has 0 aliphatic carbocycles. The standard InChI is InChI=1S/C18H23N3O3/c1-13-5-10-16(24-13)11-21(4)12-17(22)19-15-8-6-14(7-9-15)18(23)20(2)3/h5-10H,11-12H2,1-4H3,(H,19,22). The largest absolute Gasteiger partial charge is 0.465 e. The van der Waals surface area contributed by atoms with E-state index in [9.17, 15) is 9.59 Å². The van der Waals surface area contributed by atoms with E-state index in [1.807, 2.05) is 31.0 Å². The second-order valence-corrected chi connectivity index (χ2v) is 6.01. The molecule has 2 rings (SSSR count). The van der Waals surface area contributed by atoms with Crippen molar-refractivity contribution in [2.24, 2.45) is 0 Å². The van der Waals surface area contributed by atoms with Crippen LogP contribution in [0.25, 0.3) is 0 Å². The first-order valence-electron chi connectivity index (χ1n) is 7.70. The molecule has 0 saturated heterocycles. The Hall–Kier alpha value is -2.60. The second kappa shape index (κ2) is 7.79. The SMILES string of the molecule is Cc1ccc(CN(C)CC(=O)Nc2ccc(C(=O)N(C)C)cc2)o1. The van der Waals surface area contributed by atoms with Gasteiger partial charge in [-0.1, -0.05) is 0 Å². The van der Waals surface area contributed by atoms with E-state index in [-0.39, 0.29) is 18.4 Å². The van der Waals surface area contributed by atoms with E-state index in [0.29, 0.717) is 17.8 Å². The van der Waals surface area contributed by atoms with Crippen LogP contribution in [0.15, 0.2) is 40.8 Å². The fourth-order valence-corrected chi connectivity index (χ4v) is 2.29. The number of likely N-dealkylation sites (N-methyl/N-ethyl adjacent to an activating group) is 1. The van der Waals surface area contributed by atoms with Crippen molar-refractivity contribution in [1.82, 2.24) is 9.80 Å². The van der Waals surface area contributed by atoms with E-state index in [0.717, 1.165) is 11.5 Å². The van der Waals surface area contributed by atoms with E-state index in [1.54, 1.807) is 38.4 Å². The zero-order chi connectivity index (χ0) is 17.7. The molecule has 0 fully saturated rings. The molecule has 0 aliphatic rings. The van der Waals surface area contributed by atoms with Gasteiger partial charge in [0.1, 0.15) is 11.5 Å². The summed E-state index contributed by atoms with van der Waals surface area (Å²) in [5, 5.41) is 2.82. The average molecular weight is 329 g/mol. The summed E-state index contributed by atoms with van der Waals surface area (Å²) in [5.41, 5.74) is 1.25. The number of nitrogens with one attached hydrogen (secondary N) is 1. The van der Waals surface area contributed by atoms with Crippen LogP contribution in [0, 0.1) is 6.92 Å². The molecule has 128 valence electrons. The van der Waals surface area contributed by atoms with Gasteiger partial charge in [-0.15, -0.1) is 0 Å². The lowest BCUT2D eigenvalue weighted by molar-refractivity contribution is -0.117. The quantitative estimate of drug-likeness (QED) is 0.883. The lowest BCUT2D eigenvalue weighted by Gasteiger charge is -2.15. The lowest BCUT2D eigenvalue weighted by atomic mass is 10.2. The molecule has 1 N–H and O–H groups in total. The minimum atomic E-state index is -0.118. The second-order valence-electron chi connectivity index (χ2n) is 6.01. The Bertz CT molecular complexity index is 705. The zero-order valence-corrected chi connectivity index (χ0v) is 14.5. The summed E-state index contributed by atoms with van der Waals surface area (Å²) < 4.78 is 5.50. The van der Waals surface area contributed by atoms with Gasteiger partial charge in [0, 0.05) is 25.3 Å². The molecule has 0 aliphatic heterocycles. The Morgan fingerprint density at radius 1 is 1.04 bits per heavy atom. The molecule has 6 heteroatoms. The molecular weight excluding hydrogens is 306 g/mol. The fourth-order valence-electron chi connectivity index (χ4n) is 2.29. The van der Waals surface area contributed by atoms with Gasteiger partial charge in [0.05, 0.1) is 13.1 Å². The Morgan fingerprint density at radius 2 is 1.71 bits per heavy atom. The summed E-state index contributed by atoms with van der Waals surface area (Å²) in [6.45, 7) is 2.70. The van der Waals surface area contributed by atoms with Crippen LogP contribution < -0.4 is 5.32 Å². The number of furan rings is 1. The van der Waals surface area contributed by atoms with Crippen molar-refractivity contribution in [2.45, 2.75) is 13.5 Å². The van der Waals surface area contributed by atoms with E-state index in [4.69, 9.17) is 4.42 Å². The van der Waals surface area contributed by atoms with Crippen LogP contribution in [-0.4, -0.2) is 49.3 Å². The first kappa shape index (κ1) is 17.7. The number of amides is 2. The molecule has 0 atom stereocenters. The van der Waals surface area contributed by atoms with Crippen molar-refractivity contribution in [2.75, 3.05) is 33.0 Å². The van der Waals surface area contributed by atoms with Gasteiger partial charge >= 0.3 is 0 Å². The van der Waals surface area contributed by atoms with Crippen LogP contribution in [0.3, 0.4) is 0 Å². The number of rotatable bonds is 6. The molecule has 0 saturated carbocycles.